The number of nitriles is 1. The molecule has 0 radical (unpaired) electrons. The van der Waals surface area contributed by atoms with Gasteiger partial charge in [0, 0.05) is 54.4 Å². The number of likely N-dealkylation sites (N-methyl/N-ethyl adjacent to an activating group) is 1. The second-order valence-electron chi connectivity index (χ2n) is 9.05. The van der Waals surface area contributed by atoms with Gasteiger partial charge in [-0.1, -0.05) is 0 Å². The van der Waals surface area contributed by atoms with E-state index in [4.69, 9.17) is 4.74 Å². The number of thiophene rings is 1. The minimum Gasteiger partial charge on any atom is -0.462 e. The van der Waals surface area contributed by atoms with E-state index in [0.29, 0.717) is 29.2 Å². The molecule has 37 heavy (non-hydrogen) atoms. The summed E-state index contributed by atoms with van der Waals surface area (Å²) in [5, 5.41) is 24.4. The fourth-order valence-corrected chi connectivity index (χ4v) is 5.93. The highest BCUT2D eigenvalue weighted by atomic mass is 32.1. The first kappa shape index (κ1) is 26.3. The molecule has 1 saturated heterocycles. The van der Waals surface area contributed by atoms with Crippen molar-refractivity contribution in [1.82, 2.24) is 4.90 Å². The maximum absolute atomic E-state index is 13.2. The summed E-state index contributed by atoms with van der Waals surface area (Å²) in [4.78, 5) is 42.2. The SMILES string of the molecule is CCOC(=O)c1c(NC(=O)/C(C#N)=C\c2cc([N+](=O)[O-])ccc2N2CCN(C)CC2)sc2c1CCCC2. The molecule has 0 bridgehead atoms. The molecule has 0 unspecified atom stereocenters. The van der Waals surface area contributed by atoms with Crippen molar-refractivity contribution in [3.05, 3.63) is 55.5 Å². The quantitative estimate of drug-likeness (QED) is 0.190. The van der Waals surface area contributed by atoms with E-state index in [-0.39, 0.29) is 17.9 Å². The van der Waals surface area contributed by atoms with Crippen molar-refractivity contribution in [1.29, 1.82) is 5.26 Å². The summed E-state index contributed by atoms with van der Waals surface area (Å²) < 4.78 is 5.25. The smallest absolute Gasteiger partial charge is 0.341 e. The number of nitrogens with zero attached hydrogens (tertiary/aromatic N) is 4. The third-order valence-electron chi connectivity index (χ3n) is 6.61. The standard InChI is InChI=1S/C26H29N5O5S/c1-3-36-26(33)23-20-6-4-5-7-22(20)37-25(23)28-24(32)18(16-27)14-17-15-19(31(34)35)8-9-21(17)30-12-10-29(2)11-13-30/h8-9,14-15H,3-7,10-13H2,1-2H3,(H,28,32)/b18-14-. The average Bonchev–Trinajstić information content (AvgIpc) is 3.25. The van der Waals surface area contributed by atoms with Crippen LogP contribution in [0.15, 0.2) is 23.8 Å². The van der Waals surface area contributed by atoms with Crippen molar-refractivity contribution >= 4 is 45.7 Å². The Hall–Kier alpha value is -3.75. The monoisotopic (exact) mass is 523 g/mol. The third kappa shape index (κ3) is 5.81. The molecule has 11 heteroatoms. The Balaban J connectivity index is 1.68. The molecule has 10 nitrogen and oxygen atoms in total. The van der Waals surface area contributed by atoms with Crippen LogP contribution < -0.4 is 10.2 Å². The van der Waals surface area contributed by atoms with Gasteiger partial charge >= 0.3 is 5.97 Å². The molecule has 0 atom stereocenters. The van der Waals surface area contributed by atoms with E-state index in [1.807, 2.05) is 13.1 Å². The Morgan fingerprint density at radius 1 is 1.24 bits per heavy atom. The van der Waals surface area contributed by atoms with Crippen LogP contribution in [0.3, 0.4) is 0 Å². The number of amides is 1. The van der Waals surface area contributed by atoms with Crippen LogP contribution in [0.1, 0.15) is 46.1 Å². The molecule has 194 valence electrons. The lowest BCUT2D eigenvalue weighted by Gasteiger charge is -2.34. The van der Waals surface area contributed by atoms with Crippen molar-refractivity contribution in [2.45, 2.75) is 32.6 Å². The minimum atomic E-state index is -0.678. The number of carbonyl (C=O) groups is 2. The molecule has 0 spiro atoms. The first-order chi connectivity index (χ1) is 17.8. The van der Waals surface area contributed by atoms with Gasteiger partial charge in [0.1, 0.15) is 16.6 Å². The summed E-state index contributed by atoms with van der Waals surface area (Å²) >= 11 is 1.34. The zero-order chi connectivity index (χ0) is 26.5. The summed E-state index contributed by atoms with van der Waals surface area (Å²) in [5.74, 6) is -1.17. The van der Waals surface area contributed by atoms with E-state index in [0.717, 1.165) is 54.9 Å². The number of piperazine rings is 1. The summed E-state index contributed by atoms with van der Waals surface area (Å²) in [6.07, 6.45) is 4.90. The fourth-order valence-electron chi connectivity index (χ4n) is 4.65. The number of nitrogens with one attached hydrogen (secondary N) is 1. The van der Waals surface area contributed by atoms with Crippen LogP contribution in [0.2, 0.25) is 0 Å². The molecule has 0 saturated carbocycles. The topological polar surface area (TPSA) is 129 Å². The maximum atomic E-state index is 13.2. The van der Waals surface area contributed by atoms with Crippen LogP contribution in [0.25, 0.3) is 6.08 Å². The number of anilines is 2. The number of aryl methyl sites for hydroxylation is 1. The van der Waals surface area contributed by atoms with Gasteiger partial charge in [0.2, 0.25) is 0 Å². The Kier molecular flexibility index (Phi) is 8.21. The van der Waals surface area contributed by atoms with Crippen molar-refractivity contribution < 1.29 is 19.2 Å². The van der Waals surface area contributed by atoms with Gasteiger partial charge in [-0.25, -0.2) is 4.79 Å². The minimum absolute atomic E-state index is 0.127. The summed E-state index contributed by atoms with van der Waals surface area (Å²) in [6.45, 7) is 5.02. The summed E-state index contributed by atoms with van der Waals surface area (Å²) in [6, 6.07) is 6.40. The number of benzene rings is 1. The first-order valence-electron chi connectivity index (χ1n) is 12.3. The lowest BCUT2D eigenvalue weighted by molar-refractivity contribution is -0.384. The zero-order valence-electron chi connectivity index (χ0n) is 20.9. The van der Waals surface area contributed by atoms with E-state index in [1.54, 1.807) is 13.0 Å². The van der Waals surface area contributed by atoms with Gasteiger partial charge in [-0.15, -0.1) is 11.3 Å². The van der Waals surface area contributed by atoms with Gasteiger partial charge in [-0.3, -0.25) is 14.9 Å². The molecular weight excluding hydrogens is 494 g/mol. The number of ether oxygens (including phenoxy) is 1. The molecule has 2 heterocycles. The predicted molar refractivity (Wildman–Crippen MR) is 142 cm³/mol. The Morgan fingerprint density at radius 3 is 2.65 bits per heavy atom. The molecule has 1 aliphatic carbocycles. The number of non-ortho nitro benzene ring substituents is 1. The molecule has 1 N–H and O–H groups in total. The highest BCUT2D eigenvalue weighted by molar-refractivity contribution is 7.17. The predicted octanol–water partition coefficient (Wildman–Crippen LogP) is 4.01. The first-order valence-corrected chi connectivity index (χ1v) is 13.1. The molecule has 2 aliphatic rings. The van der Waals surface area contributed by atoms with Crippen molar-refractivity contribution in [2.24, 2.45) is 0 Å². The van der Waals surface area contributed by atoms with Gasteiger partial charge in [0.25, 0.3) is 11.6 Å². The average molecular weight is 524 g/mol. The van der Waals surface area contributed by atoms with Gasteiger partial charge < -0.3 is 19.9 Å². The Bertz CT molecular complexity index is 1290. The molecule has 1 fully saturated rings. The van der Waals surface area contributed by atoms with Crippen LogP contribution in [0, 0.1) is 21.4 Å². The lowest BCUT2D eigenvalue weighted by atomic mass is 9.95. The normalized spacial score (nSPS) is 16.0. The van der Waals surface area contributed by atoms with Gasteiger partial charge in [-0.05, 0) is 57.4 Å². The van der Waals surface area contributed by atoms with Gasteiger partial charge in [0.05, 0.1) is 17.1 Å². The molecule has 1 aromatic carbocycles. The number of hydrogen-bond acceptors (Lipinski definition) is 9. The van der Waals surface area contributed by atoms with Gasteiger partial charge in [0.15, 0.2) is 0 Å². The molecular formula is C26H29N5O5S. The van der Waals surface area contributed by atoms with Crippen molar-refractivity contribution in [2.75, 3.05) is 50.1 Å². The van der Waals surface area contributed by atoms with E-state index in [2.05, 4.69) is 15.1 Å². The zero-order valence-corrected chi connectivity index (χ0v) is 21.7. The van der Waals surface area contributed by atoms with E-state index in [9.17, 15) is 25.0 Å². The lowest BCUT2D eigenvalue weighted by Crippen LogP contribution is -2.44. The highest BCUT2D eigenvalue weighted by Crippen LogP contribution is 2.39. The second kappa shape index (κ2) is 11.5. The second-order valence-corrected chi connectivity index (χ2v) is 10.2. The van der Waals surface area contributed by atoms with Crippen molar-refractivity contribution in [3.63, 3.8) is 0 Å². The molecule has 1 aliphatic heterocycles. The fraction of sp³-hybridized carbons (Fsp3) is 0.423. The number of fused-ring (bicyclic) bond motifs is 1. The number of nitro groups is 1. The number of nitro benzene ring substituents is 1. The number of esters is 1. The van der Waals surface area contributed by atoms with Crippen LogP contribution in [0.4, 0.5) is 16.4 Å². The van der Waals surface area contributed by atoms with Crippen LogP contribution in [0.5, 0.6) is 0 Å². The third-order valence-corrected chi connectivity index (χ3v) is 7.82. The number of rotatable bonds is 7. The molecule has 1 amide bonds. The van der Waals surface area contributed by atoms with Crippen LogP contribution >= 0.6 is 11.3 Å². The maximum Gasteiger partial charge on any atom is 0.341 e. The van der Waals surface area contributed by atoms with Crippen LogP contribution in [-0.4, -0.2) is 61.5 Å². The van der Waals surface area contributed by atoms with E-state index < -0.39 is 16.8 Å². The largest absolute Gasteiger partial charge is 0.462 e. The highest BCUT2D eigenvalue weighted by Gasteiger charge is 2.28. The van der Waals surface area contributed by atoms with Crippen molar-refractivity contribution in [3.8, 4) is 6.07 Å². The molecule has 2 aromatic rings. The number of carbonyl (C=O) groups excluding carboxylic acids is 2. The summed E-state index contributed by atoms with van der Waals surface area (Å²) in [5.41, 5.74) is 2.07. The Labute approximate surface area is 219 Å². The van der Waals surface area contributed by atoms with E-state index >= 15 is 0 Å². The van der Waals surface area contributed by atoms with E-state index in [1.165, 1.54) is 29.5 Å². The molecule has 1 aromatic heterocycles. The molecule has 4 rings (SSSR count). The van der Waals surface area contributed by atoms with Crippen LogP contribution in [-0.2, 0) is 22.4 Å². The summed E-state index contributed by atoms with van der Waals surface area (Å²) in [7, 11) is 2.03. The number of hydrogen-bond donors (Lipinski definition) is 1. The Morgan fingerprint density at radius 2 is 1.97 bits per heavy atom. The van der Waals surface area contributed by atoms with Gasteiger partial charge in [-0.2, -0.15) is 5.26 Å².